The molecular formula is C46H31NO2. The highest BCUT2D eigenvalue weighted by molar-refractivity contribution is 6.13. The molecule has 0 saturated heterocycles. The zero-order valence-electron chi connectivity index (χ0n) is 27.2. The topological polar surface area (TPSA) is 29.5 Å². The molecule has 0 aliphatic heterocycles. The summed E-state index contributed by atoms with van der Waals surface area (Å²) in [5.41, 5.74) is 10.8. The maximum atomic E-state index is 6.34. The van der Waals surface area contributed by atoms with E-state index in [1.807, 2.05) is 43.3 Å². The summed E-state index contributed by atoms with van der Waals surface area (Å²) in [5.74, 6) is 0. The van der Waals surface area contributed by atoms with Gasteiger partial charge in [-0.15, -0.1) is 0 Å². The Morgan fingerprint density at radius 3 is 2.12 bits per heavy atom. The summed E-state index contributed by atoms with van der Waals surface area (Å²) in [6, 6.07) is 57.6. The van der Waals surface area contributed by atoms with Crippen LogP contribution in [0.3, 0.4) is 0 Å². The summed E-state index contributed by atoms with van der Waals surface area (Å²) in [7, 11) is 0. The monoisotopic (exact) mass is 629 g/mol. The number of furan rings is 2. The van der Waals surface area contributed by atoms with Gasteiger partial charge in [0.1, 0.15) is 27.9 Å². The Kier molecular flexibility index (Phi) is 6.81. The maximum absolute atomic E-state index is 6.34. The average molecular weight is 630 g/mol. The molecule has 9 rings (SSSR count). The zero-order chi connectivity index (χ0) is 32.9. The molecule has 0 unspecified atom stereocenters. The van der Waals surface area contributed by atoms with Gasteiger partial charge in [0.25, 0.3) is 0 Å². The van der Waals surface area contributed by atoms with E-state index < -0.39 is 0 Å². The number of hydrogen-bond acceptors (Lipinski definition) is 3. The van der Waals surface area contributed by atoms with Gasteiger partial charge in [0.15, 0.2) is 0 Å². The Morgan fingerprint density at radius 2 is 1.31 bits per heavy atom. The minimum atomic E-state index is 0.773. The van der Waals surface area contributed by atoms with E-state index in [9.17, 15) is 0 Å². The normalized spacial score (nSPS) is 12.6. The van der Waals surface area contributed by atoms with Crippen LogP contribution in [0, 0.1) is 12.1 Å². The van der Waals surface area contributed by atoms with E-state index >= 15 is 0 Å². The Labute approximate surface area is 284 Å². The second-order valence-electron chi connectivity index (χ2n) is 12.3. The van der Waals surface area contributed by atoms with Crippen molar-refractivity contribution in [2.45, 2.75) is 13.8 Å². The fraction of sp³-hybridized carbons (Fsp3) is 0.0435. The van der Waals surface area contributed by atoms with Crippen molar-refractivity contribution >= 4 is 72.4 Å². The van der Waals surface area contributed by atoms with E-state index in [0.29, 0.717) is 0 Å². The smallest absolute Gasteiger partial charge is 0.146 e. The first-order valence-electron chi connectivity index (χ1n) is 16.5. The van der Waals surface area contributed by atoms with E-state index in [1.165, 1.54) is 16.3 Å². The predicted octanol–water partition coefficient (Wildman–Crippen LogP) is 11.2. The van der Waals surface area contributed by atoms with E-state index in [0.717, 1.165) is 77.3 Å². The second-order valence-corrected chi connectivity index (χ2v) is 12.3. The average Bonchev–Trinajstić information content (AvgIpc) is 3.74. The molecule has 0 amide bonds. The van der Waals surface area contributed by atoms with Crippen molar-refractivity contribution in [1.29, 1.82) is 0 Å². The van der Waals surface area contributed by atoms with Crippen molar-refractivity contribution < 1.29 is 8.83 Å². The summed E-state index contributed by atoms with van der Waals surface area (Å²) in [4.78, 5) is 2.29. The summed E-state index contributed by atoms with van der Waals surface area (Å²) < 4.78 is 12.7. The summed E-state index contributed by atoms with van der Waals surface area (Å²) >= 11 is 0. The van der Waals surface area contributed by atoms with Crippen molar-refractivity contribution in [2.75, 3.05) is 4.90 Å². The summed E-state index contributed by atoms with van der Waals surface area (Å²) in [6.07, 6.45) is 2.05. The van der Waals surface area contributed by atoms with Gasteiger partial charge in [0.2, 0.25) is 0 Å². The van der Waals surface area contributed by atoms with Crippen LogP contribution in [0.4, 0.5) is 17.1 Å². The Balaban J connectivity index is 1.30. The standard InChI is InChI=1S/C46H31NO2/c1-3-41-45(37-16-7-10-20-42(37)48-41)30(2)36-15-6-9-18-39(36)47(40-19-12-22-44-46(40)38-17-8-11-21-43(38)49-44)35-27-25-32(26-28-35)34-24-23-31-13-4-5-14-33(31)29-34/h3-11,13-18,20-29H,1-2H3/b41-3+,45-30+. The largest absolute Gasteiger partial charge is 0.456 e. The fourth-order valence-corrected chi connectivity index (χ4v) is 7.15. The molecule has 0 fully saturated rings. The van der Waals surface area contributed by atoms with Crippen LogP contribution < -0.4 is 15.5 Å². The van der Waals surface area contributed by atoms with Crippen LogP contribution in [0.1, 0.15) is 19.4 Å². The molecule has 9 aromatic rings. The van der Waals surface area contributed by atoms with E-state index in [2.05, 4.69) is 139 Å². The molecule has 0 radical (unpaired) electrons. The molecule has 0 N–H and O–H groups in total. The number of hydrogen-bond donors (Lipinski definition) is 0. The van der Waals surface area contributed by atoms with Gasteiger partial charge in [-0.05, 0) is 89.9 Å². The van der Waals surface area contributed by atoms with Gasteiger partial charge in [-0.3, -0.25) is 0 Å². The molecule has 2 heterocycles. The lowest BCUT2D eigenvalue weighted by molar-refractivity contribution is 0.574. The fourth-order valence-electron chi connectivity index (χ4n) is 7.15. The minimum absolute atomic E-state index is 0.773. The highest BCUT2D eigenvalue weighted by Gasteiger charge is 2.22. The molecule has 0 spiro atoms. The Bertz CT molecular complexity index is 2800. The van der Waals surface area contributed by atoms with Gasteiger partial charge in [-0.25, -0.2) is 0 Å². The van der Waals surface area contributed by atoms with Gasteiger partial charge in [0.05, 0.1) is 11.1 Å². The third-order valence-corrected chi connectivity index (χ3v) is 9.49. The van der Waals surface area contributed by atoms with Crippen LogP contribution in [-0.2, 0) is 0 Å². The van der Waals surface area contributed by atoms with E-state index in [1.54, 1.807) is 0 Å². The maximum Gasteiger partial charge on any atom is 0.146 e. The van der Waals surface area contributed by atoms with Crippen LogP contribution in [0.2, 0.25) is 0 Å². The molecule has 49 heavy (non-hydrogen) atoms. The first kappa shape index (κ1) is 28.7. The SMILES string of the molecule is C/C=c1/oc2ccccc2/c1=C(/C)c1ccccc1N(c1ccc(-c2ccc3ccccc3c2)cc1)c1c#ccc2oc3ccccc3c12. The quantitative estimate of drug-likeness (QED) is 0.190. The molecule has 3 nitrogen and oxygen atoms in total. The van der Waals surface area contributed by atoms with Gasteiger partial charge < -0.3 is 13.7 Å². The van der Waals surface area contributed by atoms with Crippen LogP contribution in [0.15, 0.2) is 154 Å². The molecule has 0 bridgehead atoms. The van der Waals surface area contributed by atoms with Gasteiger partial charge in [-0.1, -0.05) is 109 Å². The highest BCUT2D eigenvalue weighted by Crippen LogP contribution is 2.44. The van der Waals surface area contributed by atoms with Crippen molar-refractivity contribution in [3.63, 3.8) is 0 Å². The number of rotatable bonds is 5. The Morgan fingerprint density at radius 1 is 0.633 bits per heavy atom. The lowest BCUT2D eigenvalue weighted by Crippen LogP contribution is -2.23. The number of anilines is 3. The van der Waals surface area contributed by atoms with Crippen molar-refractivity contribution in [3.05, 3.63) is 174 Å². The zero-order valence-corrected chi connectivity index (χ0v) is 27.2. The van der Waals surface area contributed by atoms with Crippen molar-refractivity contribution in [3.8, 4) is 11.1 Å². The van der Waals surface area contributed by atoms with E-state index in [4.69, 9.17) is 8.83 Å². The third-order valence-electron chi connectivity index (χ3n) is 9.49. The van der Waals surface area contributed by atoms with Gasteiger partial charge in [-0.2, -0.15) is 0 Å². The van der Waals surface area contributed by atoms with E-state index in [-0.39, 0.29) is 0 Å². The molecule has 2 aromatic heterocycles. The van der Waals surface area contributed by atoms with Crippen molar-refractivity contribution in [2.24, 2.45) is 0 Å². The molecule has 0 saturated carbocycles. The molecule has 3 heteroatoms. The number of para-hydroxylation sites is 3. The van der Waals surface area contributed by atoms with Crippen LogP contribution in [0.25, 0.3) is 66.5 Å². The number of benzene rings is 6. The first-order chi connectivity index (χ1) is 24.2. The first-order valence-corrected chi connectivity index (χ1v) is 16.5. The van der Waals surface area contributed by atoms with Crippen molar-refractivity contribution in [1.82, 2.24) is 0 Å². The second kappa shape index (κ2) is 11.6. The number of nitrogens with zero attached hydrogens (tertiary/aromatic N) is 1. The summed E-state index contributed by atoms with van der Waals surface area (Å²) in [6.45, 7) is 4.22. The van der Waals surface area contributed by atoms with Gasteiger partial charge in [0, 0.05) is 33.3 Å². The molecule has 0 aliphatic rings. The lowest BCUT2D eigenvalue weighted by Gasteiger charge is -2.27. The van der Waals surface area contributed by atoms with Gasteiger partial charge >= 0.3 is 0 Å². The van der Waals surface area contributed by atoms with Crippen LogP contribution in [-0.4, -0.2) is 0 Å². The predicted molar refractivity (Wildman–Crippen MR) is 203 cm³/mol. The van der Waals surface area contributed by atoms with Crippen LogP contribution in [0.5, 0.6) is 0 Å². The highest BCUT2D eigenvalue weighted by atomic mass is 16.3. The Hall–Kier alpha value is -6.50. The molecular weight excluding hydrogens is 599 g/mol. The molecule has 0 aliphatic carbocycles. The molecule has 7 aromatic carbocycles. The minimum Gasteiger partial charge on any atom is -0.456 e. The molecule has 232 valence electrons. The lowest BCUT2D eigenvalue weighted by atomic mass is 9.98. The third kappa shape index (κ3) is 4.77. The van der Waals surface area contributed by atoms with Crippen LogP contribution >= 0.6 is 0 Å². The summed E-state index contributed by atoms with van der Waals surface area (Å²) in [5, 5.41) is 6.69. The molecule has 0 atom stereocenters. The number of fused-ring (bicyclic) bond motifs is 5.